The molecule has 3 nitrogen and oxygen atoms in total. The van der Waals surface area contributed by atoms with Gasteiger partial charge in [0.25, 0.3) is 0 Å². The molecule has 1 saturated carbocycles. The SMILES string of the molecule is N#CCN(CCCOCC(F)(F)F)C1CCCC1. The summed E-state index contributed by atoms with van der Waals surface area (Å²) in [5, 5.41) is 8.73. The number of ether oxygens (including phenoxy) is 1. The lowest BCUT2D eigenvalue weighted by atomic mass is 10.2. The Morgan fingerprint density at radius 1 is 1.28 bits per heavy atom. The van der Waals surface area contributed by atoms with E-state index in [0.29, 0.717) is 25.6 Å². The van der Waals surface area contributed by atoms with Crippen LogP contribution in [0.25, 0.3) is 0 Å². The maximum atomic E-state index is 11.8. The van der Waals surface area contributed by atoms with Gasteiger partial charge in [-0.15, -0.1) is 0 Å². The van der Waals surface area contributed by atoms with Crippen molar-refractivity contribution >= 4 is 0 Å². The van der Waals surface area contributed by atoms with Crippen molar-refractivity contribution in [1.29, 1.82) is 5.26 Å². The Kier molecular flexibility index (Phi) is 6.44. The van der Waals surface area contributed by atoms with Crippen molar-refractivity contribution in [2.75, 3.05) is 26.3 Å². The third-order valence-corrected chi connectivity index (χ3v) is 3.11. The highest BCUT2D eigenvalue weighted by Crippen LogP contribution is 2.23. The molecule has 0 amide bonds. The Bertz CT molecular complexity index is 269. The number of halogens is 3. The standard InChI is InChI=1S/C12H19F3N2O/c13-12(14,15)10-18-9-3-7-17(8-6-16)11-4-1-2-5-11/h11H,1-5,7-10H2. The second-order valence-electron chi connectivity index (χ2n) is 4.59. The van der Waals surface area contributed by atoms with E-state index in [1.807, 2.05) is 0 Å². The summed E-state index contributed by atoms with van der Waals surface area (Å²) in [6, 6.07) is 2.54. The molecule has 0 aromatic heterocycles. The molecule has 0 aromatic carbocycles. The maximum absolute atomic E-state index is 11.8. The Labute approximate surface area is 106 Å². The minimum absolute atomic E-state index is 0.0914. The predicted octanol–water partition coefficient (Wildman–Crippen LogP) is 2.72. The van der Waals surface area contributed by atoms with Crippen molar-refractivity contribution in [3.05, 3.63) is 0 Å². The lowest BCUT2D eigenvalue weighted by Gasteiger charge is -2.25. The van der Waals surface area contributed by atoms with Gasteiger partial charge in [0.2, 0.25) is 0 Å². The highest BCUT2D eigenvalue weighted by molar-refractivity contribution is 4.84. The molecule has 0 atom stereocenters. The van der Waals surface area contributed by atoms with Crippen LogP contribution >= 0.6 is 0 Å². The Balaban J connectivity index is 2.16. The first-order valence-electron chi connectivity index (χ1n) is 6.28. The van der Waals surface area contributed by atoms with E-state index in [1.165, 1.54) is 12.8 Å². The summed E-state index contributed by atoms with van der Waals surface area (Å²) in [4.78, 5) is 2.06. The Morgan fingerprint density at radius 2 is 1.94 bits per heavy atom. The number of hydrogen-bond acceptors (Lipinski definition) is 3. The molecule has 0 radical (unpaired) electrons. The van der Waals surface area contributed by atoms with E-state index in [1.54, 1.807) is 0 Å². The van der Waals surface area contributed by atoms with Crippen LogP contribution in [0.1, 0.15) is 32.1 Å². The molecule has 0 N–H and O–H groups in total. The van der Waals surface area contributed by atoms with Gasteiger partial charge >= 0.3 is 6.18 Å². The van der Waals surface area contributed by atoms with Crippen LogP contribution in [-0.4, -0.2) is 43.4 Å². The molecule has 1 aliphatic carbocycles. The van der Waals surface area contributed by atoms with Gasteiger partial charge in [-0.2, -0.15) is 18.4 Å². The first-order chi connectivity index (χ1) is 8.53. The average Bonchev–Trinajstić information content (AvgIpc) is 2.79. The molecular formula is C12H19F3N2O. The van der Waals surface area contributed by atoms with Gasteiger partial charge in [-0.25, -0.2) is 0 Å². The molecule has 1 aliphatic rings. The molecule has 18 heavy (non-hydrogen) atoms. The van der Waals surface area contributed by atoms with Crippen molar-refractivity contribution < 1.29 is 17.9 Å². The van der Waals surface area contributed by atoms with Gasteiger partial charge in [0, 0.05) is 19.2 Å². The van der Waals surface area contributed by atoms with Crippen LogP contribution in [0.15, 0.2) is 0 Å². The van der Waals surface area contributed by atoms with Gasteiger partial charge in [0.1, 0.15) is 6.61 Å². The van der Waals surface area contributed by atoms with Crippen molar-refractivity contribution in [3.8, 4) is 6.07 Å². The molecule has 0 heterocycles. The van der Waals surface area contributed by atoms with Gasteiger partial charge in [-0.05, 0) is 19.3 Å². The molecule has 1 rings (SSSR count). The fourth-order valence-electron chi connectivity index (χ4n) is 2.31. The average molecular weight is 264 g/mol. The van der Waals surface area contributed by atoms with Gasteiger partial charge in [-0.3, -0.25) is 4.90 Å². The second kappa shape index (κ2) is 7.59. The van der Waals surface area contributed by atoms with Gasteiger partial charge in [0.05, 0.1) is 12.6 Å². The number of hydrogen-bond donors (Lipinski definition) is 0. The molecule has 0 bridgehead atoms. The second-order valence-corrected chi connectivity index (χ2v) is 4.59. The minimum Gasteiger partial charge on any atom is -0.372 e. The van der Waals surface area contributed by atoms with Crippen molar-refractivity contribution in [3.63, 3.8) is 0 Å². The summed E-state index contributed by atoms with van der Waals surface area (Å²) in [5.74, 6) is 0. The molecule has 0 spiro atoms. The lowest BCUT2D eigenvalue weighted by Crippen LogP contribution is -2.35. The smallest absolute Gasteiger partial charge is 0.372 e. The maximum Gasteiger partial charge on any atom is 0.411 e. The highest BCUT2D eigenvalue weighted by Gasteiger charge is 2.27. The predicted molar refractivity (Wildman–Crippen MR) is 60.9 cm³/mol. The zero-order valence-corrected chi connectivity index (χ0v) is 10.4. The number of nitriles is 1. The quantitative estimate of drug-likeness (QED) is 0.524. The zero-order chi connectivity index (χ0) is 13.4. The summed E-state index contributed by atoms with van der Waals surface area (Å²) in [6.45, 7) is -0.108. The van der Waals surface area contributed by atoms with E-state index in [-0.39, 0.29) is 6.61 Å². The molecule has 0 saturated heterocycles. The van der Waals surface area contributed by atoms with Crippen LogP contribution in [0.2, 0.25) is 0 Å². The van der Waals surface area contributed by atoms with Crippen LogP contribution in [0.4, 0.5) is 13.2 Å². The normalized spacial score (nSPS) is 17.3. The summed E-state index contributed by atoms with van der Waals surface area (Å²) >= 11 is 0. The van der Waals surface area contributed by atoms with Crippen LogP contribution in [0.5, 0.6) is 0 Å². The number of nitrogens with zero attached hydrogens (tertiary/aromatic N) is 2. The Morgan fingerprint density at radius 3 is 2.50 bits per heavy atom. The van der Waals surface area contributed by atoms with Gasteiger partial charge < -0.3 is 4.74 Å². The lowest BCUT2D eigenvalue weighted by molar-refractivity contribution is -0.174. The first-order valence-corrected chi connectivity index (χ1v) is 6.28. The van der Waals surface area contributed by atoms with E-state index in [9.17, 15) is 13.2 Å². The van der Waals surface area contributed by atoms with Crippen molar-refractivity contribution in [1.82, 2.24) is 4.90 Å². The third-order valence-electron chi connectivity index (χ3n) is 3.11. The monoisotopic (exact) mass is 264 g/mol. The zero-order valence-electron chi connectivity index (χ0n) is 10.4. The topological polar surface area (TPSA) is 36.3 Å². The Hall–Kier alpha value is -0.800. The van der Waals surface area contributed by atoms with Gasteiger partial charge in [0.15, 0.2) is 0 Å². The molecule has 104 valence electrons. The number of alkyl halides is 3. The largest absolute Gasteiger partial charge is 0.411 e. The minimum atomic E-state index is -4.25. The molecule has 1 fully saturated rings. The summed E-state index contributed by atoms with van der Waals surface area (Å²) in [5.41, 5.74) is 0. The van der Waals surface area contributed by atoms with Crippen LogP contribution in [0, 0.1) is 11.3 Å². The highest BCUT2D eigenvalue weighted by atomic mass is 19.4. The molecule has 0 aliphatic heterocycles. The molecular weight excluding hydrogens is 245 g/mol. The van der Waals surface area contributed by atoms with Crippen LogP contribution < -0.4 is 0 Å². The number of rotatable bonds is 7. The summed E-state index contributed by atoms with van der Waals surface area (Å²) < 4.78 is 40.0. The summed E-state index contributed by atoms with van der Waals surface area (Å²) in [6.07, 6.45) is 0.816. The molecule has 0 unspecified atom stereocenters. The van der Waals surface area contributed by atoms with Crippen LogP contribution in [-0.2, 0) is 4.74 Å². The van der Waals surface area contributed by atoms with E-state index < -0.39 is 12.8 Å². The summed E-state index contributed by atoms with van der Waals surface area (Å²) in [7, 11) is 0. The fraction of sp³-hybridized carbons (Fsp3) is 0.917. The van der Waals surface area contributed by atoms with E-state index in [0.717, 1.165) is 12.8 Å². The van der Waals surface area contributed by atoms with E-state index in [2.05, 4.69) is 15.7 Å². The fourth-order valence-corrected chi connectivity index (χ4v) is 2.31. The molecule has 6 heteroatoms. The van der Waals surface area contributed by atoms with Crippen LogP contribution in [0.3, 0.4) is 0 Å². The van der Waals surface area contributed by atoms with Crippen molar-refractivity contribution in [2.24, 2.45) is 0 Å². The van der Waals surface area contributed by atoms with E-state index >= 15 is 0 Å². The van der Waals surface area contributed by atoms with E-state index in [4.69, 9.17) is 5.26 Å². The van der Waals surface area contributed by atoms with Gasteiger partial charge in [-0.1, -0.05) is 12.8 Å². The van der Waals surface area contributed by atoms with Crippen molar-refractivity contribution in [2.45, 2.75) is 44.3 Å². The third kappa shape index (κ3) is 6.22. The first kappa shape index (κ1) is 15.3. The molecule has 0 aromatic rings.